The Labute approximate surface area is 86.0 Å². The molecular formula is C9H11NO3S. The van der Waals surface area contributed by atoms with Crippen molar-refractivity contribution >= 4 is 23.6 Å². The van der Waals surface area contributed by atoms with E-state index in [0.717, 1.165) is 11.3 Å². The van der Waals surface area contributed by atoms with Gasteiger partial charge in [0, 0.05) is 4.91 Å². The lowest BCUT2D eigenvalue weighted by Gasteiger charge is -2.41. The van der Waals surface area contributed by atoms with Crippen molar-refractivity contribution in [2.24, 2.45) is 5.92 Å². The van der Waals surface area contributed by atoms with Gasteiger partial charge >= 0.3 is 5.97 Å². The number of hydrogen-bond acceptors (Lipinski definition) is 3. The van der Waals surface area contributed by atoms with E-state index in [0.29, 0.717) is 0 Å². The van der Waals surface area contributed by atoms with Crippen LogP contribution in [-0.4, -0.2) is 27.3 Å². The summed E-state index contributed by atoms with van der Waals surface area (Å²) in [7, 11) is 0. The fraction of sp³-hybridized carbons (Fsp3) is 0.556. The molecule has 0 unspecified atom stereocenters. The fourth-order valence-electron chi connectivity index (χ4n) is 1.93. The summed E-state index contributed by atoms with van der Waals surface area (Å²) in [6.07, 6.45) is 0.785. The summed E-state index contributed by atoms with van der Waals surface area (Å²) in [5.74, 6) is -1.04. The van der Waals surface area contributed by atoms with Crippen LogP contribution in [0.4, 0.5) is 0 Å². The predicted molar refractivity (Wildman–Crippen MR) is 52.3 cm³/mol. The third kappa shape index (κ3) is 1.02. The fourth-order valence-corrected chi connectivity index (χ4v) is 3.38. The number of β-lactam (4-membered cyclic amide) rings is 1. The monoisotopic (exact) mass is 213 g/mol. The van der Waals surface area contributed by atoms with Gasteiger partial charge in [-0.2, -0.15) is 0 Å². The minimum absolute atomic E-state index is 0.00630. The molecule has 0 aromatic heterocycles. The van der Waals surface area contributed by atoms with Gasteiger partial charge < -0.3 is 5.11 Å². The third-order valence-corrected chi connectivity index (χ3v) is 4.00. The first-order chi connectivity index (χ1) is 6.57. The molecule has 2 heterocycles. The van der Waals surface area contributed by atoms with Gasteiger partial charge in [-0.15, -0.1) is 11.8 Å². The second-order valence-corrected chi connectivity index (χ2v) is 4.77. The van der Waals surface area contributed by atoms with Gasteiger partial charge in [-0.25, -0.2) is 4.79 Å². The number of fused-ring (bicyclic) bond motifs is 1. The number of rotatable bonds is 2. The molecule has 1 fully saturated rings. The Morgan fingerprint density at radius 2 is 2.29 bits per heavy atom. The molecule has 1 amide bonds. The van der Waals surface area contributed by atoms with Crippen LogP contribution in [0.3, 0.4) is 0 Å². The largest absolute Gasteiger partial charge is 0.477 e. The average Bonchev–Trinajstić information content (AvgIpc) is 2.40. The Morgan fingerprint density at radius 3 is 2.79 bits per heavy atom. The van der Waals surface area contributed by atoms with Crippen LogP contribution in [0.1, 0.15) is 20.3 Å². The van der Waals surface area contributed by atoms with Crippen LogP contribution in [0.15, 0.2) is 10.6 Å². The number of thioether (sulfide) groups is 1. The van der Waals surface area contributed by atoms with E-state index in [4.69, 9.17) is 5.11 Å². The van der Waals surface area contributed by atoms with E-state index in [1.807, 2.05) is 6.92 Å². The van der Waals surface area contributed by atoms with Crippen molar-refractivity contribution in [2.45, 2.75) is 25.6 Å². The highest BCUT2D eigenvalue weighted by atomic mass is 32.2. The highest BCUT2D eigenvalue weighted by Crippen LogP contribution is 2.49. The SMILES string of the molecule is CC[C@H]1C(=O)N2C(C(=O)O)=C(C)S[C@H]12. The molecule has 0 saturated carbocycles. The quantitative estimate of drug-likeness (QED) is 0.701. The van der Waals surface area contributed by atoms with E-state index in [9.17, 15) is 9.59 Å². The van der Waals surface area contributed by atoms with Crippen LogP contribution in [0.25, 0.3) is 0 Å². The maximum atomic E-state index is 11.5. The Kier molecular flexibility index (Phi) is 2.06. The van der Waals surface area contributed by atoms with Crippen LogP contribution in [0.2, 0.25) is 0 Å². The highest BCUT2D eigenvalue weighted by Gasteiger charge is 2.54. The maximum absolute atomic E-state index is 11.5. The summed E-state index contributed by atoms with van der Waals surface area (Å²) in [6.45, 7) is 3.71. The lowest BCUT2D eigenvalue weighted by molar-refractivity contribution is -0.151. The molecule has 0 radical (unpaired) electrons. The van der Waals surface area contributed by atoms with Gasteiger partial charge in [0.2, 0.25) is 5.91 Å². The number of aliphatic carboxylic acids is 1. The number of amides is 1. The standard InChI is InChI=1S/C9H11NO3S/c1-3-5-7(11)10-6(9(12)13)4(2)14-8(5)10/h5,8H,3H2,1-2H3,(H,12,13)/t5-,8+/m0/s1. The molecular weight excluding hydrogens is 202 g/mol. The number of carbonyl (C=O) groups is 2. The molecule has 0 spiro atoms. The number of hydrogen-bond donors (Lipinski definition) is 1. The smallest absolute Gasteiger partial charge is 0.353 e. The molecule has 1 saturated heterocycles. The van der Waals surface area contributed by atoms with Crippen LogP contribution in [-0.2, 0) is 9.59 Å². The lowest BCUT2D eigenvalue weighted by atomic mass is 9.94. The second kappa shape index (κ2) is 3.02. The van der Waals surface area contributed by atoms with Gasteiger partial charge in [-0.1, -0.05) is 6.92 Å². The van der Waals surface area contributed by atoms with Crippen LogP contribution >= 0.6 is 11.8 Å². The molecule has 0 bridgehead atoms. The summed E-state index contributed by atoms with van der Waals surface area (Å²) in [5.41, 5.74) is 0.176. The van der Waals surface area contributed by atoms with Crippen LogP contribution < -0.4 is 0 Å². The molecule has 4 nitrogen and oxygen atoms in total. The first-order valence-corrected chi connectivity index (χ1v) is 5.39. The van der Waals surface area contributed by atoms with E-state index < -0.39 is 5.97 Å². The number of carbonyl (C=O) groups excluding carboxylic acids is 1. The highest BCUT2D eigenvalue weighted by molar-refractivity contribution is 8.04. The molecule has 2 aliphatic heterocycles. The Hall–Kier alpha value is -0.970. The molecule has 0 aromatic rings. The van der Waals surface area contributed by atoms with Gasteiger partial charge in [0.05, 0.1) is 11.3 Å². The number of nitrogens with zero attached hydrogens (tertiary/aromatic N) is 1. The van der Waals surface area contributed by atoms with Crippen molar-refractivity contribution in [1.82, 2.24) is 4.90 Å². The zero-order chi connectivity index (χ0) is 10.5. The predicted octanol–water partition coefficient (Wildman–Crippen LogP) is 1.24. The number of carboxylic acid groups (broad SMARTS) is 1. The molecule has 5 heteroatoms. The van der Waals surface area contributed by atoms with E-state index in [1.54, 1.807) is 6.92 Å². The van der Waals surface area contributed by atoms with Crippen molar-refractivity contribution < 1.29 is 14.7 Å². The molecule has 2 atom stereocenters. The second-order valence-electron chi connectivity index (χ2n) is 3.44. The van der Waals surface area contributed by atoms with E-state index in [2.05, 4.69) is 0 Å². The van der Waals surface area contributed by atoms with Crippen molar-refractivity contribution in [1.29, 1.82) is 0 Å². The first kappa shape index (κ1) is 9.58. The van der Waals surface area contributed by atoms with E-state index >= 15 is 0 Å². The number of carboxylic acids is 1. The van der Waals surface area contributed by atoms with Gasteiger partial charge in [0.25, 0.3) is 0 Å². The summed E-state index contributed by atoms with van der Waals surface area (Å²) in [6, 6.07) is 0. The van der Waals surface area contributed by atoms with Gasteiger partial charge in [0.1, 0.15) is 5.70 Å². The van der Waals surface area contributed by atoms with Crippen molar-refractivity contribution in [2.75, 3.05) is 0 Å². The lowest BCUT2D eigenvalue weighted by Crippen LogP contribution is -2.56. The van der Waals surface area contributed by atoms with Crippen molar-refractivity contribution in [3.63, 3.8) is 0 Å². The Balaban J connectivity index is 2.27. The minimum Gasteiger partial charge on any atom is -0.477 e. The number of allylic oxidation sites excluding steroid dienone is 1. The molecule has 0 aliphatic carbocycles. The molecule has 14 heavy (non-hydrogen) atoms. The van der Waals surface area contributed by atoms with Gasteiger partial charge in [0.15, 0.2) is 0 Å². The zero-order valence-electron chi connectivity index (χ0n) is 7.98. The van der Waals surface area contributed by atoms with E-state index in [1.165, 1.54) is 16.7 Å². The molecule has 1 N–H and O–H groups in total. The average molecular weight is 213 g/mol. The topological polar surface area (TPSA) is 57.6 Å². The molecule has 2 aliphatic rings. The van der Waals surface area contributed by atoms with Crippen molar-refractivity contribution in [3.8, 4) is 0 Å². The Bertz CT molecular complexity index is 350. The normalized spacial score (nSPS) is 30.4. The van der Waals surface area contributed by atoms with Crippen LogP contribution in [0.5, 0.6) is 0 Å². The van der Waals surface area contributed by atoms with E-state index in [-0.39, 0.29) is 22.9 Å². The maximum Gasteiger partial charge on any atom is 0.353 e. The summed E-state index contributed by atoms with van der Waals surface area (Å²) in [4.78, 5) is 24.6. The van der Waals surface area contributed by atoms with Gasteiger partial charge in [-0.05, 0) is 13.3 Å². The van der Waals surface area contributed by atoms with Gasteiger partial charge in [-0.3, -0.25) is 9.69 Å². The zero-order valence-corrected chi connectivity index (χ0v) is 8.80. The third-order valence-electron chi connectivity index (χ3n) is 2.67. The van der Waals surface area contributed by atoms with Crippen LogP contribution in [0, 0.1) is 5.92 Å². The minimum atomic E-state index is -1.000. The van der Waals surface area contributed by atoms with Crippen molar-refractivity contribution in [3.05, 3.63) is 10.6 Å². The summed E-state index contributed by atoms with van der Waals surface area (Å²) in [5, 5.41) is 8.96. The molecule has 2 rings (SSSR count). The molecule has 76 valence electrons. The first-order valence-electron chi connectivity index (χ1n) is 4.51. The summed E-state index contributed by atoms with van der Waals surface area (Å²) < 4.78 is 0. The summed E-state index contributed by atoms with van der Waals surface area (Å²) >= 11 is 1.49. The molecule has 0 aromatic carbocycles. The Morgan fingerprint density at radius 1 is 1.64 bits per heavy atom.